The second-order valence-corrected chi connectivity index (χ2v) is 15.9. The zero-order chi connectivity index (χ0) is 43.3. The van der Waals surface area contributed by atoms with Crippen molar-refractivity contribution in [2.45, 2.75) is 85.5 Å². The smallest absolute Gasteiger partial charge is 0.276 e. The van der Waals surface area contributed by atoms with Gasteiger partial charge < -0.3 is 30.4 Å². The maximum absolute atomic E-state index is 13.8. The Morgan fingerprint density at radius 1 is 0.705 bits per heavy atom. The third-order valence-corrected chi connectivity index (χ3v) is 11.6. The van der Waals surface area contributed by atoms with Crippen molar-refractivity contribution in [1.29, 1.82) is 0 Å². The summed E-state index contributed by atoms with van der Waals surface area (Å²) >= 11 is 0. The average Bonchev–Trinajstić information content (AvgIpc) is 4.00. The highest BCUT2D eigenvalue weighted by Crippen LogP contribution is 2.42. The number of amides is 4. The van der Waals surface area contributed by atoms with Gasteiger partial charge in [-0.25, -0.2) is 9.97 Å². The van der Waals surface area contributed by atoms with E-state index in [1.807, 2.05) is 45.4 Å². The van der Waals surface area contributed by atoms with E-state index >= 15 is 0 Å². The molecule has 18 heteroatoms. The van der Waals surface area contributed by atoms with E-state index in [2.05, 4.69) is 54.3 Å². The van der Waals surface area contributed by atoms with Crippen LogP contribution in [0, 0.1) is 13.8 Å². The van der Waals surface area contributed by atoms with Crippen molar-refractivity contribution < 1.29 is 19.2 Å². The average molecular weight is 829 g/mol. The molecule has 0 fully saturated rings. The zero-order valence-corrected chi connectivity index (χ0v) is 35.4. The topological polar surface area (TPSA) is 222 Å². The van der Waals surface area contributed by atoms with Crippen LogP contribution in [0.25, 0.3) is 22.1 Å². The second-order valence-electron chi connectivity index (χ2n) is 15.9. The molecular formula is C43H52N14O4. The van der Waals surface area contributed by atoms with Crippen molar-refractivity contribution in [3.8, 4) is 0 Å². The normalized spacial score (nSPS) is 16.0. The molecule has 0 aliphatic carbocycles. The van der Waals surface area contributed by atoms with Gasteiger partial charge in [0, 0.05) is 50.9 Å². The lowest BCUT2D eigenvalue weighted by Crippen LogP contribution is -2.36. The lowest BCUT2D eigenvalue weighted by Gasteiger charge is -2.36. The van der Waals surface area contributed by atoms with E-state index < -0.39 is 11.8 Å². The molecule has 0 unspecified atom stereocenters. The first-order chi connectivity index (χ1) is 29.3. The number of hydrogen-bond donors (Lipinski definition) is 4. The Balaban J connectivity index is 1.13. The van der Waals surface area contributed by atoms with Crippen LogP contribution in [0.15, 0.2) is 48.6 Å². The first-order valence-corrected chi connectivity index (χ1v) is 20.8. The fourth-order valence-corrected chi connectivity index (χ4v) is 8.75. The fourth-order valence-electron chi connectivity index (χ4n) is 8.75. The van der Waals surface area contributed by atoms with Gasteiger partial charge in [-0.1, -0.05) is 25.5 Å². The first-order valence-electron chi connectivity index (χ1n) is 20.8. The third kappa shape index (κ3) is 7.46. The van der Waals surface area contributed by atoms with E-state index in [9.17, 15) is 19.2 Å². The van der Waals surface area contributed by atoms with Gasteiger partial charge in [-0.2, -0.15) is 10.2 Å². The molecule has 6 aromatic rings. The molecule has 2 aliphatic heterocycles. The molecule has 0 saturated heterocycles. The van der Waals surface area contributed by atoms with Gasteiger partial charge in [0.15, 0.2) is 0 Å². The number of nitrogens with zero attached hydrogens (tertiary/aromatic N) is 10. The number of benzene rings is 2. The Bertz CT molecular complexity index is 2750. The number of aryl methyl sites for hydroxylation is 4. The van der Waals surface area contributed by atoms with Gasteiger partial charge in [0.1, 0.15) is 11.4 Å². The molecule has 0 bridgehead atoms. The summed E-state index contributed by atoms with van der Waals surface area (Å²) in [7, 11) is 1.97. The number of hydrogen-bond acceptors (Lipinski definition) is 10. The van der Waals surface area contributed by atoms with Crippen molar-refractivity contribution in [2.24, 2.45) is 11.5 Å². The quantitative estimate of drug-likeness (QED) is 0.0975. The molecule has 2 aliphatic rings. The number of carbonyl (C=O) groups is 4. The Morgan fingerprint density at radius 2 is 1.18 bits per heavy atom. The van der Waals surface area contributed by atoms with Gasteiger partial charge >= 0.3 is 0 Å². The van der Waals surface area contributed by atoms with Gasteiger partial charge in [-0.3, -0.25) is 39.2 Å². The number of carbonyl (C=O) groups excluding carboxylic acids is 4. The van der Waals surface area contributed by atoms with Crippen molar-refractivity contribution >= 4 is 69.0 Å². The van der Waals surface area contributed by atoms with E-state index in [-0.39, 0.29) is 23.9 Å². The van der Waals surface area contributed by atoms with Crippen LogP contribution < -0.4 is 31.9 Å². The summed E-state index contributed by atoms with van der Waals surface area (Å²) in [5.41, 5.74) is 18.9. The lowest BCUT2D eigenvalue weighted by atomic mass is 10.0. The molecule has 2 atom stereocenters. The molecule has 61 heavy (non-hydrogen) atoms. The van der Waals surface area contributed by atoms with E-state index in [0.717, 1.165) is 53.2 Å². The van der Waals surface area contributed by atoms with Crippen LogP contribution in [0.3, 0.4) is 0 Å². The predicted molar refractivity (Wildman–Crippen MR) is 235 cm³/mol. The molecule has 2 aromatic carbocycles. The predicted octanol–water partition coefficient (Wildman–Crippen LogP) is 5.33. The Kier molecular flexibility index (Phi) is 10.9. The number of allylic oxidation sites excluding steroid dienone is 2. The van der Waals surface area contributed by atoms with Gasteiger partial charge in [-0.15, -0.1) is 0 Å². The highest BCUT2D eigenvalue weighted by molar-refractivity contribution is 6.07. The second kappa shape index (κ2) is 16.2. The summed E-state index contributed by atoms with van der Waals surface area (Å²) < 4.78 is 7.45. The monoisotopic (exact) mass is 828 g/mol. The van der Waals surface area contributed by atoms with E-state index in [1.54, 1.807) is 39.7 Å². The summed E-state index contributed by atoms with van der Waals surface area (Å²) in [4.78, 5) is 66.6. The van der Waals surface area contributed by atoms with Gasteiger partial charge in [0.25, 0.3) is 11.8 Å². The van der Waals surface area contributed by atoms with Crippen molar-refractivity contribution in [1.82, 2.24) is 38.7 Å². The molecule has 0 spiro atoms. The number of imidazole rings is 2. The van der Waals surface area contributed by atoms with E-state index in [0.29, 0.717) is 84.5 Å². The number of anilines is 4. The Labute approximate surface area is 352 Å². The molecule has 318 valence electrons. The van der Waals surface area contributed by atoms with Crippen molar-refractivity contribution in [3.05, 3.63) is 82.5 Å². The molecule has 6 N–H and O–H groups in total. The lowest BCUT2D eigenvalue weighted by molar-refractivity contribution is 0.0992. The fraction of sp³-hybridized carbons (Fsp3) is 0.395. The standard InChI is InChI=1S/C43H52N14O4/c1-7-10-15-53-23-29(57-37-31(19-27(39(45)59)21-33(37)53)47-43(57)49-41(61)35-17-25(5)51-55(35)9-3)14-12-11-13-28-22-52(6)32-20-26(38(44)58)18-30-36(32)56(28)42(46-30)48-40(60)34-16-24(4)50-54(34)8-2/h11-12,16-21,28-29H,7-10,13-15,22-23H2,1-6H3,(H2,44,58)(H2,45,59)(H,46,48,60)(H,47,49,61)/b12-11+/t28-,29-/m0/s1. The van der Waals surface area contributed by atoms with Gasteiger partial charge in [-0.05, 0) is 83.4 Å². The minimum absolute atomic E-state index is 0.137. The first kappa shape index (κ1) is 40.8. The highest BCUT2D eigenvalue weighted by atomic mass is 16.2. The molecule has 6 heterocycles. The number of unbranched alkanes of at least 4 members (excludes halogenated alkanes) is 1. The van der Waals surface area contributed by atoms with Crippen LogP contribution in [0.2, 0.25) is 0 Å². The molecule has 8 rings (SSSR count). The maximum atomic E-state index is 13.8. The Hall–Kier alpha value is -6.98. The highest BCUT2D eigenvalue weighted by Gasteiger charge is 2.33. The number of rotatable bonds is 15. The number of aromatic nitrogens is 8. The van der Waals surface area contributed by atoms with E-state index in [4.69, 9.17) is 21.4 Å². The summed E-state index contributed by atoms with van der Waals surface area (Å²) in [6.07, 6.45) is 7.42. The van der Waals surface area contributed by atoms with Crippen LogP contribution >= 0.6 is 0 Å². The van der Waals surface area contributed by atoms with Gasteiger partial charge in [0.2, 0.25) is 23.7 Å². The largest absolute Gasteiger partial charge is 0.371 e. The van der Waals surface area contributed by atoms with Crippen LogP contribution in [-0.2, 0) is 13.1 Å². The number of nitrogens with two attached hydrogens (primary N) is 2. The number of primary amides is 2. The molecule has 0 radical (unpaired) electrons. The minimum Gasteiger partial charge on any atom is -0.371 e. The summed E-state index contributed by atoms with van der Waals surface area (Å²) in [5, 5.41) is 15.0. The van der Waals surface area contributed by atoms with Crippen LogP contribution in [0.1, 0.15) is 112 Å². The van der Waals surface area contributed by atoms with Gasteiger partial charge in [0.05, 0.1) is 56.9 Å². The number of nitrogens with one attached hydrogen (secondary N) is 2. The van der Waals surface area contributed by atoms with Crippen molar-refractivity contribution in [3.63, 3.8) is 0 Å². The summed E-state index contributed by atoms with van der Waals surface area (Å²) in [6, 6.07) is 10.2. The number of likely N-dealkylation sites (N-methyl/N-ethyl adjacent to an activating group) is 1. The molecule has 4 amide bonds. The van der Waals surface area contributed by atoms with Crippen molar-refractivity contribution in [2.75, 3.05) is 47.1 Å². The van der Waals surface area contributed by atoms with E-state index in [1.165, 1.54) is 0 Å². The summed E-state index contributed by atoms with van der Waals surface area (Å²) in [5.74, 6) is -1.04. The third-order valence-electron chi connectivity index (χ3n) is 11.6. The summed E-state index contributed by atoms with van der Waals surface area (Å²) in [6.45, 7) is 12.7. The van der Waals surface area contributed by atoms with Crippen LogP contribution in [0.5, 0.6) is 0 Å². The van der Waals surface area contributed by atoms with Crippen LogP contribution in [0.4, 0.5) is 23.3 Å². The Morgan fingerprint density at radius 3 is 1.66 bits per heavy atom. The molecule has 0 saturated carbocycles. The molecule has 18 nitrogen and oxygen atoms in total. The zero-order valence-electron chi connectivity index (χ0n) is 35.4. The SMILES string of the molecule is CCCCN1C[C@H](C/C=C/C[C@H]2CN(C)c3cc(C(N)=O)cc4nc(NC(=O)c5cc(C)nn5CC)n2c34)n2c(NC(=O)c3cc(C)nn3CC)nc3cc(C(N)=O)cc1c32. The molecule has 4 aromatic heterocycles. The molecular weight excluding hydrogens is 777 g/mol. The van der Waals surface area contributed by atoms with Crippen LogP contribution in [-0.4, -0.2) is 89.0 Å². The minimum atomic E-state index is -0.563. The maximum Gasteiger partial charge on any atom is 0.276 e.